The molecule has 1 aliphatic heterocycles. The zero-order valence-electron chi connectivity index (χ0n) is 13.7. The van der Waals surface area contributed by atoms with Crippen molar-refractivity contribution in [3.63, 3.8) is 0 Å². The van der Waals surface area contributed by atoms with Crippen LogP contribution in [0.15, 0.2) is 0 Å². The number of ether oxygens (including phenoxy) is 1. The Bertz CT molecular complexity index is 560. The van der Waals surface area contributed by atoms with Crippen LogP contribution in [0.25, 0.3) is 0 Å². The molecule has 7 heteroatoms. The first kappa shape index (κ1) is 16.3. The summed E-state index contributed by atoms with van der Waals surface area (Å²) < 4.78 is 5.39. The van der Waals surface area contributed by atoms with Gasteiger partial charge >= 0.3 is 6.09 Å². The lowest BCUT2D eigenvalue weighted by Gasteiger charge is -2.30. The van der Waals surface area contributed by atoms with Gasteiger partial charge < -0.3 is 15.0 Å². The summed E-state index contributed by atoms with van der Waals surface area (Å²) in [6, 6.07) is 0. The molecule has 0 bridgehead atoms. The topological polar surface area (TPSA) is 87.3 Å². The number of carbonyl (C=O) groups is 2. The van der Waals surface area contributed by atoms with Gasteiger partial charge in [0.25, 0.3) is 5.91 Å². The summed E-state index contributed by atoms with van der Waals surface area (Å²) in [5.41, 5.74) is 1.54. The maximum atomic E-state index is 12.2. The molecule has 0 spiro atoms. The van der Waals surface area contributed by atoms with Crippen LogP contribution >= 0.6 is 0 Å². The molecule has 2 rings (SSSR count). The van der Waals surface area contributed by atoms with Crippen LogP contribution in [-0.4, -0.2) is 45.8 Å². The number of amides is 2. The molecule has 2 N–H and O–H groups in total. The number of carbonyl (C=O) groups excluding carboxylic acids is 2. The summed E-state index contributed by atoms with van der Waals surface area (Å²) in [7, 11) is 0. The lowest BCUT2D eigenvalue weighted by Crippen LogP contribution is -2.40. The van der Waals surface area contributed by atoms with E-state index >= 15 is 0 Å². The molecule has 1 aromatic heterocycles. The molecule has 0 radical (unpaired) electrons. The Morgan fingerprint density at radius 2 is 2.14 bits per heavy atom. The van der Waals surface area contributed by atoms with Gasteiger partial charge in [0.1, 0.15) is 5.60 Å². The van der Waals surface area contributed by atoms with E-state index in [1.165, 1.54) is 0 Å². The quantitative estimate of drug-likeness (QED) is 0.892. The largest absolute Gasteiger partial charge is 0.444 e. The first-order chi connectivity index (χ1) is 10.3. The van der Waals surface area contributed by atoms with Gasteiger partial charge in [-0.1, -0.05) is 6.92 Å². The zero-order valence-corrected chi connectivity index (χ0v) is 13.7. The Balaban J connectivity index is 2.10. The number of nitrogens with one attached hydrogen (secondary N) is 2. The average Bonchev–Trinajstić information content (AvgIpc) is 2.85. The second kappa shape index (κ2) is 6.37. The van der Waals surface area contributed by atoms with Crippen LogP contribution in [0.4, 0.5) is 4.79 Å². The van der Waals surface area contributed by atoms with Gasteiger partial charge in [-0.05, 0) is 27.2 Å². The summed E-state index contributed by atoms with van der Waals surface area (Å²) in [6.07, 6.45) is 1.14. The summed E-state index contributed by atoms with van der Waals surface area (Å²) in [4.78, 5) is 25.9. The molecule has 0 saturated heterocycles. The van der Waals surface area contributed by atoms with Crippen LogP contribution in [0.1, 0.15) is 55.9 Å². The fourth-order valence-electron chi connectivity index (χ4n) is 2.29. The van der Waals surface area contributed by atoms with E-state index in [0.29, 0.717) is 31.7 Å². The van der Waals surface area contributed by atoms with Crippen molar-refractivity contribution in [1.82, 2.24) is 20.4 Å². The molecule has 7 nitrogen and oxygen atoms in total. The normalized spacial score (nSPS) is 14.5. The molecule has 22 heavy (non-hydrogen) atoms. The van der Waals surface area contributed by atoms with E-state index in [0.717, 1.165) is 17.7 Å². The molecule has 0 saturated carbocycles. The Labute approximate surface area is 130 Å². The van der Waals surface area contributed by atoms with Crippen molar-refractivity contribution in [2.75, 3.05) is 13.1 Å². The SMILES string of the molecule is CCCNC(=O)c1n[nH]c2c1CN(C(=O)OC(C)(C)C)CC2. The molecule has 2 amide bonds. The summed E-state index contributed by atoms with van der Waals surface area (Å²) in [6.45, 7) is 9.00. The second-order valence-electron chi connectivity index (χ2n) is 6.44. The van der Waals surface area contributed by atoms with E-state index < -0.39 is 5.60 Å². The van der Waals surface area contributed by atoms with Crippen molar-refractivity contribution in [3.8, 4) is 0 Å². The van der Waals surface area contributed by atoms with Gasteiger partial charge in [0.2, 0.25) is 0 Å². The van der Waals surface area contributed by atoms with E-state index in [2.05, 4.69) is 15.5 Å². The highest BCUT2D eigenvalue weighted by Gasteiger charge is 2.30. The van der Waals surface area contributed by atoms with Crippen LogP contribution in [0.3, 0.4) is 0 Å². The van der Waals surface area contributed by atoms with E-state index in [9.17, 15) is 9.59 Å². The van der Waals surface area contributed by atoms with Crippen molar-refractivity contribution >= 4 is 12.0 Å². The van der Waals surface area contributed by atoms with Crippen LogP contribution in [0.2, 0.25) is 0 Å². The number of nitrogens with zero attached hydrogens (tertiary/aromatic N) is 2. The third kappa shape index (κ3) is 3.78. The highest BCUT2D eigenvalue weighted by molar-refractivity contribution is 5.94. The number of aromatic nitrogens is 2. The van der Waals surface area contributed by atoms with Gasteiger partial charge in [-0.3, -0.25) is 9.89 Å². The molecular weight excluding hydrogens is 284 g/mol. The van der Waals surface area contributed by atoms with Crippen molar-refractivity contribution < 1.29 is 14.3 Å². The van der Waals surface area contributed by atoms with Crippen LogP contribution in [0.5, 0.6) is 0 Å². The lowest BCUT2D eigenvalue weighted by atomic mass is 10.1. The first-order valence-corrected chi connectivity index (χ1v) is 7.64. The van der Waals surface area contributed by atoms with Gasteiger partial charge in [-0.2, -0.15) is 5.10 Å². The fourth-order valence-corrected chi connectivity index (χ4v) is 2.29. The Kier molecular flexibility index (Phi) is 4.73. The zero-order chi connectivity index (χ0) is 16.3. The minimum atomic E-state index is -0.533. The Hall–Kier alpha value is -2.05. The number of fused-ring (bicyclic) bond motifs is 1. The molecule has 0 atom stereocenters. The number of hydrogen-bond acceptors (Lipinski definition) is 4. The lowest BCUT2D eigenvalue weighted by molar-refractivity contribution is 0.0222. The minimum Gasteiger partial charge on any atom is -0.444 e. The molecule has 2 heterocycles. The third-order valence-corrected chi connectivity index (χ3v) is 3.34. The van der Waals surface area contributed by atoms with Crippen LogP contribution in [-0.2, 0) is 17.7 Å². The van der Waals surface area contributed by atoms with Gasteiger partial charge in [0, 0.05) is 30.8 Å². The molecule has 0 fully saturated rings. The van der Waals surface area contributed by atoms with E-state index in [1.807, 2.05) is 27.7 Å². The minimum absolute atomic E-state index is 0.203. The standard InChI is InChI=1S/C15H24N4O3/c1-5-7-16-13(20)12-10-9-19(8-6-11(10)17-18-12)14(21)22-15(2,3)4/h5-9H2,1-4H3,(H,16,20)(H,17,18). The summed E-state index contributed by atoms with van der Waals surface area (Å²) in [5.74, 6) is -0.203. The highest BCUT2D eigenvalue weighted by atomic mass is 16.6. The third-order valence-electron chi connectivity index (χ3n) is 3.34. The van der Waals surface area contributed by atoms with Crippen molar-refractivity contribution in [3.05, 3.63) is 17.0 Å². The van der Waals surface area contributed by atoms with Crippen molar-refractivity contribution in [2.45, 2.75) is 52.7 Å². The smallest absolute Gasteiger partial charge is 0.410 e. The van der Waals surface area contributed by atoms with E-state index in [1.54, 1.807) is 4.90 Å². The second-order valence-corrected chi connectivity index (χ2v) is 6.44. The highest BCUT2D eigenvalue weighted by Crippen LogP contribution is 2.22. The predicted octanol–water partition coefficient (Wildman–Crippen LogP) is 1.84. The maximum absolute atomic E-state index is 12.2. The van der Waals surface area contributed by atoms with E-state index in [-0.39, 0.29) is 12.0 Å². The van der Waals surface area contributed by atoms with Crippen molar-refractivity contribution in [1.29, 1.82) is 0 Å². The van der Waals surface area contributed by atoms with Crippen LogP contribution in [0, 0.1) is 0 Å². The molecule has 122 valence electrons. The molecule has 0 aromatic carbocycles. The van der Waals surface area contributed by atoms with Gasteiger partial charge in [0.05, 0.1) is 6.54 Å². The summed E-state index contributed by atoms with van der Waals surface area (Å²) in [5, 5.41) is 9.82. The molecular formula is C15H24N4O3. The molecule has 1 aromatic rings. The molecule has 0 unspecified atom stereocenters. The Morgan fingerprint density at radius 1 is 1.41 bits per heavy atom. The summed E-state index contributed by atoms with van der Waals surface area (Å²) >= 11 is 0. The van der Waals surface area contributed by atoms with Crippen molar-refractivity contribution in [2.24, 2.45) is 0 Å². The van der Waals surface area contributed by atoms with Gasteiger partial charge in [-0.25, -0.2) is 4.79 Å². The molecule has 1 aliphatic rings. The number of H-pyrrole nitrogens is 1. The predicted molar refractivity (Wildman–Crippen MR) is 81.6 cm³/mol. The van der Waals surface area contributed by atoms with E-state index in [4.69, 9.17) is 4.74 Å². The maximum Gasteiger partial charge on any atom is 0.410 e. The average molecular weight is 308 g/mol. The monoisotopic (exact) mass is 308 g/mol. The Morgan fingerprint density at radius 3 is 2.77 bits per heavy atom. The first-order valence-electron chi connectivity index (χ1n) is 7.64. The molecule has 0 aliphatic carbocycles. The van der Waals surface area contributed by atoms with Crippen LogP contribution < -0.4 is 5.32 Å². The van der Waals surface area contributed by atoms with Gasteiger partial charge in [0.15, 0.2) is 5.69 Å². The number of aromatic amines is 1. The number of rotatable bonds is 3. The van der Waals surface area contributed by atoms with Gasteiger partial charge in [-0.15, -0.1) is 0 Å². The number of hydrogen-bond donors (Lipinski definition) is 2. The fraction of sp³-hybridized carbons (Fsp3) is 0.667.